The molecular weight excluding hydrogens is 124 g/mol. The Kier molecular flexibility index (Phi) is 2.74. The molecule has 1 heterocycles. The van der Waals surface area contributed by atoms with E-state index in [0.717, 1.165) is 12.2 Å². The average Bonchev–Trinajstić information content (AvgIpc) is 2.03. The van der Waals surface area contributed by atoms with Crippen LogP contribution in [0.2, 0.25) is 0 Å². The molecule has 0 bridgehead atoms. The van der Waals surface area contributed by atoms with E-state index in [1.807, 2.05) is 12.1 Å². The number of nitrogens with one attached hydrogen (secondary N) is 1. The molecule has 2 radical (unpaired) electrons. The minimum absolute atomic E-state index is 0.648. The fraction of sp³-hybridized carbons (Fsp3) is 0.250. The topological polar surface area (TPSA) is 24.9 Å². The highest BCUT2D eigenvalue weighted by atomic mass is 14.9. The summed E-state index contributed by atoms with van der Waals surface area (Å²) in [5.74, 6) is 0. The summed E-state index contributed by atoms with van der Waals surface area (Å²) < 4.78 is 0. The first-order valence-corrected chi connectivity index (χ1v) is 3.27. The third kappa shape index (κ3) is 2.05. The van der Waals surface area contributed by atoms with Crippen molar-refractivity contribution in [3.63, 3.8) is 0 Å². The molecule has 1 aromatic heterocycles. The second-order valence-electron chi connectivity index (χ2n) is 1.96. The maximum absolute atomic E-state index is 5.29. The molecule has 0 aliphatic rings. The molecule has 0 aromatic carbocycles. The number of anilines is 1. The second-order valence-corrected chi connectivity index (χ2v) is 1.96. The van der Waals surface area contributed by atoms with Crippen LogP contribution in [-0.4, -0.2) is 11.5 Å². The molecule has 52 valence electrons. The molecule has 0 aliphatic heterocycles. The lowest BCUT2D eigenvalue weighted by Crippen LogP contribution is -1.99. The predicted molar refractivity (Wildman–Crippen MR) is 41.6 cm³/mol. The molecule has 0 saturated carbocycles. The van der Waals surface area contributed by atoms with E-state index in [-0.39, 0.29) is 0 Å². The fourth-order valence-corrected chi connectivity index (χ4v) is 0.684. The Balaban J connectivity index is 2.43. The number of aromatic nitrogens is 1. The molecule has 1 aromatic rings. The van der Waals surface area contributed by atoms with Crippen LogP contribution in [0.15, 0.2) is 24.5 Å². The van der Waals surface area contributed by atoms with Gasteiger partial charge in [-0.2, -0.15) is 0 Å². The summed E-state index contributed by atoms with van der Waals surface area (Å²) in [6.07, 6.45) is 4.16. The summed E-state index contributed by atoms with van der Waals surface area (Å²) in [5, 5.41) is 3.11. The van der Waals surface area contributed by atoms with E-state index in [2.05, 4.69) is 10.3 Å². The Labute approximate surface area is 61.3 Å². The molecular formula is C8H10N2. The number of hydrogen-bond donors (Lipinski definition) is 1. The van der Waals surface area contributed by atoms with Crippen molar-refractivity contribution in [3.8, 4) is 0 Å². The van der Waals surface area contributed by atoms with Crippen LogP contribution < -0.4 is 5.32 Å². The van der Waals surface area contributed by atoms with Gasteiger partial charge in [-0.05, 0) is 25.5 Å². The Morgan fingerprint density at radius 2 is 2.50 bits per heavy atom. The number of nitrogens with zero attached hydrogens (tertiary/aromatic N) is 1. The van der Waals surface area contributed by atoms with E-state index in [0.29, 0.717) is 6.42 Å². The van der Waals surface area contributed by atoms with E-state index < -0.39 is 0 Å². The highest BCUT2D eigenvalue weighted by Crippen LogP contribution is 2.01. The smallest absolute Gasteiger partial charge is 0.0526 e. The highest BCUT2D eigenvalue weighted by molar-refractivity contribution is 5.39. The Bertz CT molecular complexity index is 172. The summed E-state index contributed by atoms with van der Waals surface area (Å²) in [6.45, 7) is 6.09. The molecule has 0 aliphatic carbocycles. The van der Waals surface area contributed by atoms with E-state index in [1.54, 1.807) is 12.4 Å². The van der Waals surface area contributed by atoms with Crippen LogP contribution in [0.25, 0.3) is 0 Å². The minimum atomic E-state index is 0.648. The van der Waals surface area contributed by atoms with Crippen LogP contribution in [-0.2, 0) is 0 Å². The van der Waals surface area contributed by atoms with Gasteiger partial charge < -0.3 is 5.32 Å². The van der Waals surface area contributed by atoms with Gasteiger partial charge in [0.15, 0.2) is 0 Å². The van der Waals surface area contributed by atoms with Crippen molar-refractivity contribution >= 4 is 5.69 Å². The van der Waals surface area contributed by atoms with E-state index in [4.69, 9.17) is 6.92 Å². The molecule has 0 saturated heterocycles. The van der Waals surface area contributed by atoms with Crippen LogP contribution in [0, 0.1) is 6.92 Å². The van der Waals surface area contributed by atoms with Gasteiger partial charge in [0, 0.05) is 18.9 Å². The third-order valence-corrected chi connectivity index (χ3v) is 1.13. The van der Waals surface area contributed by atoms with E-state index in [1.165, 1.54) is 0 Å². The summed E-state index contributed by atoms with van der Waals surface area (Å²) in [7, 11) is 0. The van der Waals surface area contributed by atoms with Crippen LogP contribution in [0.5, 0.6) is 0 Å². The predicted octanol–water partition coefficient (Wildman–Crippen LogP) is 1.59. The maximum atomic E-state index is 5.29. The van der Waals surface area contributed by atoms with Crippen molar-refractivity contribution < 1.29 is 0 Å². The van der Waals surface area contributed by atoms with Gasteiger partial charge in [-0.3, -0.25) is 4.98 Å². The maximum Gasteiger partial charge on any atom is 0.0526 e. The van der Waals surface area contributed by atoms with E-state index >= 15 is 0 Å². The summed E-state index contributed by atoms with van der Waals surface area (Å²) in [4.78, 5) is 3.93. The Morgan fingerprint density at radius 3 is 3.10 bits per heavy atom. The zero-order chi connectivity index (χ0) is 7.23. The quantitative estimate of drug-likeness (QED) is 0.679. The summed E-state index contributed by atoms with van der Waals surface area (Å²) in [6, 6.07) is 3.85. The molecule has 10 heavy (non-hydrogen) atoms. The lowest BCUT2D eigenvalue weighted by molar-refractivity contribution is 1.06. The molecule has 0 fully saturated rings. The SMILES string of the molecule is [CH]CCNc1cccnc1. The summed E-state index contributed by atoms with van der Waals surface area (Å²) >= 11 is 0. The number of rotatable bonds is 3. The number of pyridine rings is 1. The molecule has 1 rings (SSSR count). The Hall–Kier alpha value is -1.05. The largest absolute Gasteiger partial charge is 0.384 e. The van der Waals surface area contributed by atoms with Crippen LogP contribution in [0.1, 0.15) is 6.42 Å². The fourth-order valence-electron chi connectivity index (χ4n) is 0.684. The molecule has 0 unspecified atom stereocenters. The minimum Gasteiger partial charge on any atom is -0.384 e. The van der Waals surface area contributed by atoms with Gasteiger partial charge >= 0.3 is 0 Å². The van der Waals surface area contributed by atoms with Crippen molar-refractivity contribution in [1.82, 2.24) is 4.98 Å². The first-order valence-electron chi connectivity index (χ1n) is 3.27. The standard InChI is InChI=1S/C8H10N2/c1-2-5-10-8-4-3-6-9-7-8/h1,3-4,6-7,10H,2,5H2. The molecule has 0 amide bonds. The Morgan fingerprint density at radius 1 is 1.60 bits per heavy atom. The lowest BCUT2D eigenvalue weighted by atomic mass is 10.4. The second kappa shape index (κ2) is 3.88. The van der Waals surface area contributed by atoms with Gasteiger partial charge in [0.05, 0.1) is 5.69 Å². The zero-order valence-electron chi connectivity index (χ0n) is 5.75. The summed E-state index contributed by atoms with van der Waals surface area (Å²) in [5.41, 5.74) is 1.02. The van der Waals surface area contributed by atoms with E-state index in [9.17, 15) is 0 Å². The molecule has 0 atom stereocenters. The van der Waals surface area contributed by atoms with Crippen molar-refractivity contribution in [2.75, 3.05) is 11.9 Å². The van der Waals surface area contributed by atoms with Crippen LogP contribution in [0.4, 0.5) is 5.69 Å². The van der Waals surface area contributed by atoms with Crippen molar-refractivity contribution in [3.05, 3.63) is 31.5 Å². The van der Waals surface area contributed by atoms with Crippen molar-refractivity contribution in [1.29, 1.82) is 0 Å². The molecule has 0 spiro atoms. The van der Waals surface area contributed by atoms with Gasteiger partial charge in [-0.1, -0.05) is 0 Å². The number of hydrogen-bond acceptors (Lipinski definition) is 2. The average molecular weight is 134 g/mol. The molecule has 2 heteroatoms. The first-order chi connectivity index (χ1) is 4.93. The molecule has 1 N–H and O–H groups in total. The van der Waals surface area contributed by atoms with Gasteiger partial charge in [0.25, 0.3) is 0 Å². The zero-order valence-corrected chi connectivity index (χ0v) is 5.75. The van der Waals surface area contributed by atoms with Gasteiger partial charge in [0.1, 0.15) is 0 Å². The van der Waals surface area contributed by atoms with Crippen molar-refractivity contribution in [2.45, 2.75) is 6.42 Å². The highest BCUT2D eigenvalue weighted by Gasteiger charge is 1.85. The van der Waals surface area contributed by atoms with Gasteiger partial charge in [0.2, 0.25) is 0 Å². The van der Waals surface area contributed by atoms with Crippen LogP contribution >= 0.6 is 0 Å². The normalized spacial score (nSPS) is 9.30. The first kappa shape index (κ1) is 7.06. The van der Waals surface area contributed by atoms with Gasteiger partial charge in [-0.25, -0.2) is 0 Å². The third-order valence-electron chi connectivity index (χ3n) is 1.13. The lowest BCUT2D eigenvalue weighted by Gasteiger charge is -2.01. The monoisotopic (exact) mass is 134 g/mol. The molecule has 2 nitrogen and oxygen atoms in total. The van der Waals surface area contributed by atoms with Gasteiger partial charge in [-0.15, -0.1) is 0 Å². The van der Waals surface area contributed by atoms with Crippen LogP contribution in [0.3, 0.4) is 0 Å². The van der Waals surface area contributed by atoms with Crippen molar-refractivity contribution in [2.24, 2.45) is 0 Å².